The largest absolute Gasteiger partial charge is 0.333 e. The molecule has 1 fully saturated rings. The van der Waals surface area contributed by atoms with E-state index >= 15 is 0 Å². The maximum Gasteiger partial charge on any atom is 0.317 e. The van der Waals surface area contributed by atoms with Crippen LogP contribution in [-0.4, -0.2) is 44.5 Å². The number of sulfonamides is 1. The number of carbonyl (C=O) groups excluding carboxylic acids is 1. The molecule has 146 valence electrons. The van der Waals surface area contributed by atoms with Crippen LogP contribution in [0.15, 0.2) is 23.1 Å². The van der Waals surface area contributed by atoms with Gasteiger partial charge in [0.2, 0.25) is 10.0 Å². The predicted octanol–water partition coefficient (Wildman–Crippen LogP) is 2.46. The van der Waals surface area contributed by atoms with Gasteiger partial charge < -0.3 is 10.2 Å². The summed E-state index contributed by atoms with van der Waals surface area (Å²) in [7, 11) is -3.98. The first-order chi connectivity index (χ1) is 12.0. The van der Waals surface area contributed by atoms with Gasteiger partial charge in [-0.05, 0) is 51.7 Å². The first kappa shape index (κ1) is 20.6. The maximum absolute atomic E-state index is 13.2. The van der Waals surface area contributed by atoms with E-state index in [1.807, 2.05) is 20.8 Å². The van der Waals surface area contributed by atoms with Gasteiger partial charge in [-0.1, -0.05) is 0 Å². The highest BCUT2D eigenvalue weighted by Gasteiger charge is 2.26. The number of carbonyl (C=O) groups is 1. The third-order valence-electron chi connectivity index (χ3n) is 4.09. The number of piperidine rings is 1. The van der Waals surface area contributed by atoms with Crippen LogP contribution in [0.3, 0.4) is 0 Å². The number of rotatable bonds is 4. The molecule has 6 nitrogen and oxygen atoms in total. The molecule has 1 aliphatic heterocycles. The van der Waals surface area contributed by atoms with Gasteiger partial charge in [-0.25, -0.2) is 26.7 Å². The number of halogens is 2. The summed E-state index contributed by atoms with van der Waals surface area (Å²) in [5.74, 6) is -1.83. The summed E-state index contributed by atoms with van der Waals surface area (Å²) in [5, 5.41) is 2.90. The van der Waals surface area contributed by atoms with Crippen molar-refractivity contribution in [3.05, 3.63) is 29.8 Å². The van der Waals surface area contributed by atoms with E-state index in [-0.39, 0.29) is 24.0 Å². The number of urea groups is 1. The highest BCUT2D eigenvalue weighted by Crippen LogP contribution is 2.19. The molecule has 2 N–H and O–H groups in total. The third kappa shape index (κ3) is 5.91. The van der Waals surface area contributed by atoms with E-state index in [9.17, 15) is 22.0 Å². The molecule has 1 aromatic carbocycles. The van der Waals surface area contributed by atoms with E-state index in [1.165, 1.54) is 0 Å². The smallest absolute Gasteiger partial charge is 0.317 e. The van der Waals surface area contributed by atoms with Crippen molar-refractivity contribution in [3.8, 4) is 0 Å². The second-order valence-electron chi connectivity index (χ2n) is 7.57. The van der Waals surface area contributed by atoms with Crippen LogP contribution >= 0.6 is 0 Å². The van der Waals surface area contributed by atoms with Gasteiger partial charge in [-0.3, -0.25) is 0 Å². The molecule has 0 bridgehead atoms. The molecule has 0 aromatic heterocycles. The van der Waals surface area contributed by atoms with Crippen molar-refractivity contribution >= 4 is 16.1 Å². The first-order valence-electron chi connectivity index (χ1n) is 8.49. The van der Waals surface area contributed by atoms with Gasteiger partial charge in [0, 0.05) is 31.2 Å². The molecule has 0 aliphatic carbocycles. The SMILES string of the molecule is CC(C)(C)NC(=O)N1CCC(CNS(=O)(=O)c2cc(F)cc(F)c2)CC1. The Morgan fingerprint density at radius 2 is 1.69 bits per heavy atom. The molecule has 0 radical (unpaired) electrons. The number of benzene rings is 1. The Kier molecular flexibility index (Phi) is 6.23. The number of amides is 2. The van der Waals surface area contributed by atoms with Gasteiger partial charge in [0.1, 0.15) is 11.6 Å². The Hall–Kier alpha value is -1.74. The lowest BCUT2D eigenvalue weighted by Crippen LogP contribution is -2.51. The number of likely N-dealkylation sites (tertiary alicyclic amines) is 1. The van der Waals surface area contributed by atoms with E-state index in [0.29, 0.717) is 32.0 Å². The quantitative estimate of drug-likeness (QED) is 0.830. The van der Waals surface area contributed by atoms with Crippen LogP contribution in [0.1, 0.15) is 33.6 Å². The number of hydrogen-bond acceptors (Lipinski definition) is 3. The molecule has 26 heavy (non-hydrogen) atoms. The summed E-state index contributed by atoms with van der Waals surface area (Å²) in [6.45, 7) is 6.94. The summed E-state index contributed by atoms with van der Waals surface area (Å²) >= 11 is 0. The molecule has 1 aliphatic rings. The Labute approximate surface area is 153 Å². The van der Waals surface area contributed by atoms with Crippen molar-refractivity contribution in [2.24, 2.45) is 5.92 Å². The fourth-order valence-electron chi connectivity index (χ4n) is 2.73. The molecule has 1 saturated heterocycles. The topological polar surface area (TPSA) is 78.5 Å². The van der Waals surface area contributed by atoms with Crippen molar-refractivity contribution in [1.82, 2.24) is 14.9 Å². The Balaban J connectivity index is 1.87. The van der Waals surface area contributed by atoms with Crippen LogP contribution in [0.5, 0.6) is 0 Å². The zero-order valence-corrected chi connectivity index (χ0v) is 16.0. The lowest BCUT2D eigenvalue weighted by Gasteiger charge is -2.34. The van der Waals surface area contributed by atoms with Crippen molar-refractivity contribution < 1.29 is 22.0 Å². The zero-order chi connectivity index (χ0) is 19.5. The summed E-state index contributed by atoms with van der Waals surface area (Å²) in [4.78, 5) is 13.4. The minimum absolute atomic E-state index is 0.0573. The van der Waals surface area contributed by atoms with Crippen molar-refractivity contribution in [2.75, 3.05) is 19.6 Å². The van der Waals surface area contributed by atoms with Crippen molar-refractivity contribution in [3.63, 3.8) is 0 Å². The number of hydrogen-bond donors (Lipinski definition) is 2. The average Bonchev–Trinajstić information content (AvgIpc) is 2.51. The maximum atomic E-state index is 13.2. The van der Waals surface area contributed by atoms with Crippen LogP contribution in [-0.2, 0) is 10.0 Å². The Bertz CT molecular complexity index is 735. The summed E-state index contributed by atoms with van der Waals surface area (Å²) in [6, 6.07) is 2.05. The van der Waals surface area contributed by atoms with Gasteiger partial charge >= 0.3 is 6.03 Å². The zero-order valence-electron chi connectivity index (χ0n) is 15.2. The Morgan fingerprint density at radius 1 is 1.15 bits per heavy atom. The molecule has 2 rings (SSSR count). The molecule has 0 atom stereocenters. The molecule has 0 spiro atoms. The van der Waals surface area contributed by atoms with E-state index in [0.717, 1.165) is 12.1 Å². The van der Waals surface area contributed by atoms with Gasteiger partial charge in [0.05, 0.1) is 4.90 Å². The van der Waals surface area contributed by atoms with Crippen molar-refractivity contribution in [2.45, 2.75) is 44.0 Å². The summed E-state index contributed by atoms with van der Waals surface area (Å²) in [5.41, 5.74) is -0.316. The number of nitrogens with zero attached hydrogens (tertiary/aromatic N) is 1. The second kappa shape index (κ2) is 7.87. The highest BCUT2D eigenvalue weighted by atomic mass is 32.2. The molecular weight excluding hydrogens is 364 g/mol. The first-order valence-corrected chi connectivity index (χ1v) is 9.97. The number of nitrogens with one attached hydrogen (secondary N) is 2. The van der Waals surface area contributed by atoms with Crippen LogP contribution in [0.25, 0.3) is 0 Å². The van der Waals surface area contributed by atoms with E-state index in [2.05, 4.69) is 10.0 Å². The average molecular weight is 389 g/mol. The van der Waals surface area contributed by atoms with Gasteiger partial charge in [-0.15, -0.1) is 0 Å². The van der Waals surface area contributed by atoms with Crippen LogP contribution < -0.4 is 10.0 Å². The molecule has 0 saturated carbocycles. The molecule has 1 heterocycles. The van der Waals surface area contributed by atoms with Crippen LogP contribution in [0, 0.1) is 17.6 Å². The van der Waals surface area contributed by atoms with Crippen molar-refractivity contribution in [1.29, 1.82) is 0 Å². The lowest BCUT2D eigenvalue weighted by molar-refractivity contribution is 0.163. The lowest BCUT2D eigenvalue weighted by atomic mass is 9.97. The third-order valence-corrected chi connectivity index (χ3v) is 5.50. The standard InChI is InChI=1S/C17H25F2N3O3S/c1-17(2,3)21-16(23)22-6-4-12(5-7-22)11-20-26(24,25)15-9-13(18)8-14(19)10-15/h8-10,12,20H,4-7,11H2,1-3H3,(H,21,23). The fraction of sp³-hybridized carbons (Fsp3) is 0.588. The highest BCUT2D eigenvalue weighted by molar-refractivity contribution is 7.89. The van der Waals surface area contributed by atoms with Gasteiger partial charge in [0.25, 0.3) is 0 Å². The minimum atomic E-state index is -3.98. The normalized spacial score (nSPS) is 16.6. The van der Waals surface area contributed by atoms with Gasteiger partial charge in [-0.2, -0.15) is 0 Å². The summed E-state index contributed by atoms with van der Waals surface area (Å²) < 4.78 is 53.2. The van der Waals surface area contributed by atoms with E-state index in [1.54, 1.807) is 4.90 Å². The van der Waals surface area contributed by atoms with E-state index < -0.39 is 26.6 Å². The van der Waals surface area contributed by atoms with Crippen LogP contribution in [0.2, 0.25) is 0 Å². The van der Waals surface area contributed by atoms with Crippen LogP contribution in [0.4, 0.5) is 13.6 Å². The molecular formula is C17H25F2N3O3S. The molecule has 9 heteroatoms. The fourth-order valence-corrected chi connectivity index (χ4v) is 3.89. The Morgan fingerprint density at radius 3 is 2.19 bits per heavy atom. The predicted molar refractivity (Wildman–Crippen MR) is 94.1 cm³/mol. The van der Waals surface area contributed by atoms with E-state index in [4.69, 9.17) is 0 Å². The molecule has 0 unspecified atom stereocenters. The summed E-state index contributed by atoms with van der Waals surface area (Å²) in [6.07, 6.45) is 1.30. The minimum Gasteiger partial charge on any atom is -0.333 e. The molecule has 1 aromatic rings. The van der Waals surface area contributed by atoms with Gasteiger partial charge in [0.15, 0.2) is 0 Å². The molecule has 2 amide bonds. The second-order valence-corrected chi connectivity index (χ2v) is 9.33. The monoisotopic (exact) mass is 389 g/mol.